The number of aliphatic carboxylic acids is 1. The third-order valence-corrected chi connectivity index (χ3v) is 9.90. The van der Waals surface area contributed by atoms with E-state index in [1.54, 1.807) is 0 Å². The Morgan fingerprint density at radius 1 is 0.701 bits per heavy atom. The molecular weight excluding hydrogens is 887 g/mol. The summed E-state index contributed by atoms with van der Waals surface area (Å²) in [6.07, 6.45) is -0.180. The molecule has 0 saturated carbocycles. The van der Waals surface area contributed by atoms with Crippen LogP contribution >= 0.6 is 0 Å². The number of likely N-dealkylation sites (tertiary alicyclic amines) is 1. The molecule has 28 heteroatoms. The number of nitrogens with two attached hydrogens (primary N) is 5. The molecule has 376 valence electrons. The summed E-state index contributed by atoms with van der Waals surface area (Å²) in [5.74, 6) is -8.90. The summed E-state index contributed by atoms with van der Waals surface area (Å²) in [5, 5.41) is 28.2. The second-order valence-corrected chi connectivity index (χ2v) is 16.0. The van der Waals surface area contributed by atoms with Crippen LogP contribution in [0.2, 0.25) is 0 Å². The van der Waals surface area contributed by atoms with Gasteiger partial charge in [-0.3, -0.25) is 52.9 Å². The third-order valence-electron chi connectivity index (χ3n) is 9.90. The molecule has 0 radical (unpaired) electrons. The van der Waals surface area contributed by atoms with Crippen LogP contribution in [0, 0.1) is 5.92 Å². The first kappa shape index (κ1) is 57.9. The number of hydrogen-bond acceptors (Lipinski definition) is 14. The number of amides is 11. The first-order chi connectivity index (χ1) is 31.5. The van der Waals surface area contributed by atoms with Crippen LogP contribution in [0.25, 0.3) is 0 Å². The molecule has 0 aromatic carbocycles. The van der Waals surface area contributed by atoms with Crippen LogP contribution in [0.5, 0.6) is 0 Å². The number of carbonyl (C=O) groups is 12. The molecule has 0 unspecified atom stereocenters. The van der Waals surface area contributed by atoms with Gasteiger partial charge in [0, 0.05) is 32.5 Å². The highest BCUT2D eigenvalue weighted by Crippen LogP contribution is 2.20. The molecule has 1 heterocycles. The van der Waals surface area contributed by atoms with E-state index in [9.17, 15) is 62.6 Å². The van der Waals surface area contributed by atoms with Gasteiger partial charge in [0.2, 0.25) is 53.2 Å². The SMILES string of the molecule is CC(C)C[C@H](N)C(=O)N1CCC[C@H]1C(=O)NCC(=O)N[C@@H](CCC(N)=O)C(=O)N[C@@H](CCCNC(N)=O)C(=O)NCC(=O)N[C@@H](CCC(=O)O)C(=O)N[C@@H](CCCN=C(N)N)C(=O)NCC=O. The first-order valence-corrected chi connectivity index (χ1v) is 21.7. The van der Waals surface area contributed by atoms with Crippen LogP contribution < -0.4 is 71.2 Å². The number of aliphatic imine (C=N–C) groups is 1. The quantitative estimate of drug-likeness (QED) is 0.0129. The molecule has 0 bridgehead atoms. The summed E-state index contributed by atoms with van der Waals surface area (Å²) in [6, 6.07) is -8.37. The van der Waals surface area contributed by atoms with Crippen LogP contribution in [0.4, 0.5) is 4.79 Å². The molecule has 19 N–H and O–H groups in total. The molecule has 1 fully saturated rings. The molecule has 0 aliphatic carbocycles. The normalized spacial score (nSPS) is 15.2. The lowest BCUT2D eigenvalue weighted by molar-refractivity contribution is -0.140. The Morgan fingerprint density at radius 2 is 1.24 bits per heavy atom. The van der Waals surface area contributed by atoms with Gasteiger partial charge in [-0.05, 0) is 63.7 Å². The second kappa shape index (κ2) is 30.9. The Labute approximate surface area is 386 Å². The topological polar surface area (TPSA) is 467 Å². The Morgan fingerprint density at radius 3 is 1.76 bits per heavy atom. The van der Waals surface area contributed by atoms with Crippen molar-refractivity contribution < 1.29 is 62.6 Å². The van der Waals surface area contributed by atoms with Gasteiger partial charge in [-0.25, -0.2) is 4.79 Å². The molecule has 1 rings (SSSR count). The standard InChI is InChI=1S/C39H67N15O13/c1-21(2)18-22(40)37(66)54-16-5-8-27(54)36(65)49-20-30(58)50-25(9-11-28(41)56)34(63)53-24(7-4-14-47-39(44)67)33(62)48-19-29(57)51-26(10-12-31(59)60)35(64)52-23(32(61)45-15-17-55)6-3-13-46-38(42)43/h17,21-27H,3-16,18-20,40H2,1-2H3,(H2,41,56)(H,45,61)(H,48,62)(H,49,65)(H,50,58)(H,51,57)(H,52,64)(H,53,63)(H,59,60)(H4,42,43,46)(H3,44,47,67)/t22-,23-,24-,25-,26-,27-/m0/s1. The van der Waals surface area contributed by atoms with Crippen molar-refractivity contribution in [2.45, 2.75) is 121 Å². The number of hydrogen-bond donors (Lipinski definition) is 14. The van der Waals surface area contributed by atoms with Gasteiger partial charge in [0.15, 0.2) is 5.96 Å². The highest BCUT2D eigenvalue weighted by atomic mass is 16.4. The molecule has 0 spiro atoms. The molecule has 0 aromatic rings. The van der Waals surface area contributed by atoms with E-state index in [-0.39, 0.29) is 63.6 Å². The lowest BCUT2D eigenvalue weighted by Gasteiger charge is -2.27. The Hall–Kier alpha value is -7.13. The van der Waals surface area contributed by atoms with Crippen molar-refractivity contribution >= 4 is 77.4 Å². The molecule has 28 nitrogen and oxygen atoms in total. The molecule has 1 saturated heterocycles. The zero-order chi connectivity index (χ0) is 50.6. The van der Waals surface area contributed by atoms with Gasteiger partial charge >= 0.3 is 12.0 Å². The summed E-state index contributed by atoms with van der Waals surface area (Å²) in [4.78, 5) is 156. The van der Waals surface area contributed by atoms with Gasteiger partial charge in [-0.15, -0.1) is 0 Å². The van der Waals surface area contributed by atoms with E-state index in [0.717, 1.165) is 0 Å². The largest absolute Gasteiger partial charge is 0.481 e. The lowest BCUT2D eigenvalue weighted by Crippen LogP contribution is -2.57. The van der Waals surface area contributed by atoms with E-state index in [1.165, 1.54) is 4.90 Å². The second-order valence-electron chi connectivity index (χ2n) is 16.0. The molecule has 11 amide bonds. The van der Waals surface area contributed by atoms with Crippen molar-refractivity contribution in [2.75, 3.05) is 39.3 Å². The summed E-state index contributed by atoms with van der Waals surface area (Å²) in [6.45, 7) is 2.24. The molecular formula is C39H67N15O13. The summed E-state index contributed by atoms with van der Waals surface area (Å²) in [7, 11) is 0. The number of primary amides is 2. The van der Waals surface area contributed by atoms with Gasteiger partial charge in [-0.2, -0.15) is 0 Å². The number of nitrogens with zero attached hydrogens (tertiary/aromatic N) is 2. The molecule has 6 atom stereocenters. The van der Waals surface area contributed by atoms with E-state index in [2.05, 4.69) is 47.5 Å². The number of guanidine groups is 1. The third kappa shape index (κ3) is 24.1. The molecule has 67 heavy (non-hydrogen) atoms. The fraction of sp³-hybridized carbons (Fsp3) is 0.667. The number of rotatable bonds is 32. The molecule has 1 aliphatic rings. The van der Waals surface area contributed by atoms with E-state index in [1.807, 2.05) is 13.8 Å². The highest BCUT2D eigenvalue weighted by molar-refractivity contribution is 5.97. The van der Waals surface area contributed by atoms with E-state index in [0.29, 0.717) is 32.1 Å². The zero-order valence-corrected chi connectivity index (χ0v) is 37.8. The van der Waals surface area contributed by atoms with Gasteiger partial charge in [-0.1, -0.05) is 13.8 Å². The number of carboxylic acid groups (broad SMARTS) is 1. The molecule has 0 aromatic heterocycles. The maximum Gasteiger partial charge on any atom is 0.312 e. The van der Waals surface area contributed by atoms with Gasteiger partial charge < -0.3 is 86.0 Å². The zero-order valence-electron chi connectivity index (χ0n) is 37.8. The molecule has 1 aliphatic heterocycles. The average molecular weight is 954 g/mol. The highest BCUT2D eigenvalue weighted by Gasteiger charge is 2.37. The van der Waals surface area contributed by atoms with Crippen LogP contribution in [0.1, 0.15) is 84.5 Å². The predicted molar refractivity (Wildman–Crippen MR) is 237 cm³/mol. The summed E-state index contributed by atoms with van der Waals surface area (Å²) in [5.41, 5.74) is 27.1. The maximum absolute atomic E-state index is 13.6. The van der Waals surface area contributed by atoms with Crippen molar-refractivity contribution in [3.63, 3.8) is 0 Å². The van der Waals surface area contributed by atoms with Gasteiger partial charge in [0.25, 0.3) is 0 Å². The average Bonchev–Trinajstić information content (AvgIpc) is 3.75. The number of nitrogens with one attached hydrogen (secondary N) is 8. The van der Waals surface area contributed by atoms with Crippen LogP contribution in [0.15, 0.2) is 4.99 Å². The minimum absolute atomic E-state index is 0.0336. The Balaban J connectivity index is 3.14. The predicted octanol–water partition coefficient (Wildman–Crippen LogP) is -6.53. The smallest absolute Gasteiger partial charge is 0.312 e. The Bertz CT molecular complexity index is 1790. The minimum Gasteiger partial charge on any atom is -0.481 e. The fourth-order valence-electron chi connectivity index (χ4n) is 6.65. The fourth-order valence-corrected chi connectivity index (χ4v) is 6.65. The number of carboxylic acids is 1. The Kier molecular flexibility index (Phi) is 26.7. The summed E-state index contributed by atoms with van der Waals surface area (Å²) >= 11 is 0. The van der Waals surface area contributed by atoms with Crippen LogP contribution in [-0.4, -0.2) is 163 Å². The summed E-state index contributed by atoms with van der Waals surface area (Å²) < 4.78 is 0. The van der Waals surface area contributed by atoms with Crippen molar-refractivity contribution in [3.05, 3.63) is 0 Å². The minimum atomic E-state index is -1.55. The van der Waals surface area contributed by atoms with Crippen molar-refractivity contribution in [3.8, 4) is 0 Å². The van der Waals surface area contributed by atoms with Crippen molar-refractivity contribution in [2.24, 2.45) is 39.6 Å². The maximum atomic E-state index is 13.6. The monoisotopic (exact) mass is 954 g/mol. The van der Waals surface area contributed by atoms with E-state index < -0.39 is 134 Å². The van der Waals surface area contributed by atoms with Crippen molar-refractivity contribution in [1.82, 2.24) is 47.4 Å². The van der Waals surface area contributed by atoms with E-state index >= 15 is 0 Å². The van der Waals surface area contributed by atoms with Crippen molar-refractivity contribution in [1.29, 1.82) is 0 Å². The van der Waals surface area contributed by atoms with E-state index in [4.69, 9.17) is 28.7 Å². The number of urea groups is 1. The number of aldehydes is 1. The van der Waals surface area contributed by atoms with Crippen LogP contribution in [-0.2, 0) is 52.7 Å². The first-order valence-electron chi connectivity index (χ1n) is 21.7. The van der Waals surface area contributed by atoms with Gasteiger partial charge in [0.05, 0.1) is 25.7 Å². The van der Waals surface area contributed by atoms with Crippen LogP contribution in [0.3, 0.4) is 0 Å². The van der Waals surface area contributed by atoms with Gasteiger partial charge in [0.1, 0.15) is 36.5 Å². The number of carbonyl (C=O) groups excluding carboxylic acids is 11. The lowest BCUT2D eigenvalue weighted by atomic mass is 10.0.